The highest BCUT2D eigenvalue weighted by Crippen LogP contribution is 2.37. The molecule has 1 aliphatic heterocycles. The molecule has 0 aliphatic carbocycles. The van der Waals surface area contributed by atoms with E-state index in [2.05, 4.69) is 20.6 Å². The summed E-state index contributed by atoms with van der Waals surface area (Å²) in [5.41, 5.74) is -0.687. The van der Waals surface area contributed by atoms with Gasteiger partial charge in [0.2, 0.25) is 0 Å². The summed E-state index contributed by atoms with van der Waals surface area (Å²) in [6.45, 7) is 2.10. The van der Waals surface area contributed by atoms with Crippen LogP contribution in [0.4, 0.5) is 50.0 Å². The van der Waals surface area contributed by atoms with Crippen LogP contribution >= 0.6 is 23.4 Å². The van der Waals surface area contributed by atoms with Crippen LogP contribution in [0.5, 0.6) is 0 Å². The lowest BCUT2D eigenvalue weighted by Gasteiger charge is -2.36. The number of amides is 4. The first-order valence-electron chi connectivity index (χ1n) is 10.7. The Kier molecular flexibility index (Phi) is 7.46. The smallest absolute Gasteiger partial charge is 0.308 e. The number of hydrogen-bond donors (Lipinski definition) is 2. The molecule has 8 nitrogen and oxygen atoms in total. The molecule has 0 unspecified atom stereocenters. The van der Waals surface area contributed by atoms with Crippen molar-refractivity contribution in [1.82, 2.24) is 9.97 Å². The number of thioether (sulfide) groups is 1. The van der Waals surface area contributed by atoms with Crippen molar-refractivity contribution in [2.24, 2.45) is 0 Å². The molecule has 0 saturated carbocycles. The van der Waals surface area contributed by atoms with Crippen LogP contribution in [-0.4, -0.2) is 34.8 Å². The van der Waals surface area contributed by atoms with Gasteiger partial charge in [-0.1, -0.05) is 29.4 Å². The Balaban J connectivity index is 1.60. The van der Waals surface area contributed by atoms with Crippen molar-refractivity contribution < 1.29 is 27.2 Å². The van der Waals surface area contributed by atoms with Crippen LogP contribution in [-0.2, 0) is 12.7 Å². The van der Waals surface area contributed by atoms with Gasteiger partial charge in [0.25, 0.3) is 0 Å². The fraction of sp³-hybridized carbons (Fsp3) is 0.217. The molecule has 194 valence electrons. The van der Waals surface area contributed by atoms with Gasteiger partial charge < -0.3 is 10.6 Å². The highest BCUT2D eigenvalue weighted by molar-refractivity contribution is 7.98. The third-order valence-electron chi connectivity index (χ3n) is 5.39. The summed E-state index contributed by atoms with van der Waals surface area (Å²) in [4.78, 5) is 37.1. The zero-order valence-electron chi connectivity index (χ0n) is 19.4. The van der Waals surface area contributed by atoms with Gasteiger partial charge in [0, 0.05) is 24.0 Å². The molecule has 0 radical (unpaired) electrons. The number of benzene rings is 2. The molecular formula is C23H19ClF4N6O2S. The third-order valence-corrected chi connectivity index (χ3v) is 6.25. The van der Waals surface area contributed by atoms with E-state index in [0.717, 1.165) is 24.3 Å². The van der Waals surface area contributed by atoms with Crippen LogP contribution in [0.25, 0.3) is 0 Å². The quantitative estimate of drug-likeness (QED) is 0.210. The van der Waals surface area contributed by atoms with Crippen molar-refractivity contribution in [2.75, 3.05) is 33.2 Å². The van der Waals surface area contributed by atoms with Gasteiger partial charge in [0.05, 0.1) is 28.5 Å². The van der Waals surface area contributed by atoms with Gasteiger partial charge in [-0.05, 0) is 43.5 Å². The van der Waals surface area contributed by atoms with Gasteiger partial charge in [-0.25, -0.2) is 23.9 Å². The maximum atomic E-state index is 14.7. The van der Waals surface area contributed by atoms with Crippen molar-refractivity contribution in [3.05, 3.63) is 64.6 Å². The first-order valence-corrected chi connectivity index (χ1v) is 12.3. The largest absolute Gasteiger partial charge is 0.416 e. The van der Waals surface area contributed by atoms with E-state index in [4.69, 9.17) is 11.6 Å². The average Bonchev–Trinajstić information content (AvgIpc) is 2.85. The summed E-state index contributed by atoms with van der Waals surface area (Å²) in [5, 5.41) is 4.90. The predicted molar refractivity (Wildman–Crippen MR) is 134 cm³/mol. The molecule has 0 bridgehead atoms. The van der Waals surface area contributed by atoms with Gasteiger partial charge in [-0.15, -0.1) is 0 Å². The van der Waals surface area contributed by atoms with Crippen LogP contribution < -0.4 is 20.4 Å². The molecule has 14 heteroatoms. The molecule has 2 heterocycles. The molecule has 0 saturated heterocycles. The Hall–Kier alpha value is -3.58. The number of anilines is 4. The second-order valence-electron chi connectivity index (χ2n) is 7.76. The van der Waals surface area contributed by atoms with Crippen LogP contribution in [0, 0.1) is 5.82 Å². The predicted octanol–water partition coefficient (Wildman–Crippen LogP) is 6.62. The molecule has 0 spiro atoms. The standard InChI is InChI=1S/C23H19ClF4N6O2S/c1-3-33-19-12(10-29-21(32-19)37-2)11-34(22(33)36)18-9-17(16(25)8-15(18)24)31-20(35)30-14-6-4-5-13(7-14)23(26,27)28/h4-10H,3,11H2,1-2H3,(H2,30,31,35). The van der Waals surface area contributed by atoms with Crippen LogP contribution in [0.3, 0.4) is 0 Å². The van der Waals surface area contributed by atoms with Gasteiger partial charge in [0.1, 0.15) is 11.6 Å². The maximum Gasteiger partial charge on any atom is 0.416 e. The lowest BCUT2D eigenvalue weighted by molar-refractivity contribution is -0.137. The average molecular weight is 555 g/mol. The Bertz CT molecular complexity index is 1370. The highest BCUT2D eigenvalue weighted by Gasteiger charge is 2.34. The van der Waals surface area contributed by atoms with Crippen molar-refractivity contribution in [3.63, 3.8) is 0 Å². The first kappa shape index (κ1) is 26.5. The van der Waals surface area contributed by atoms with E-state index in [1.54, 1.807) is 13.1 Å². The number of nitrogens with zero attached hydrogens (tertiary/aromatic N) is 4. The van der Waals surface area contributed by atoms with E-state index in [-0.39, 0.29) is 35.2 Å². The Morgan fingerprint density at radius 1 is 1.22 bits per heavy atom. The summed E-state index contributed by atoms with van der Waals surface area (Å²) in [6.07, 6.45) is -1.19. The minimum absolute atomic E-state index is 0.0422. The molecule has 37 heavy (non-hydrogen) atoms. The number of nitrogens with one attached hydrogen (secondary N) is 2. The number of fused-ring (bicyclic) bond motifs is 1. The molecule has 1 aromatic heterocycles. The van der Waals surface area contributed by atoms with E-state index in [1.165, 1.54) is 33.7 Å². The molecule has 4 rings (SSSR count). The summed E-state index contributed by atoms with van der Waals surface area (Å²) < 4.78 is 53.5. The minimum atomic E-state index is -4.60. The summed E-state index contributed by atoms with van der Waals surface area (Å²) in [6, 6.07) is 4.64. The number of halogens is 5. The fourth-order valence-electron chi connectivity index (χ4n) is 3.67. The van der Waals surface area contributed by atoms with E-state index in [1.807, 2.05) is 6.26 Å². The lowest BCUT2D eigenvalue weighted by Crippen LogP contribution is -2.48. The Morgan fingerprint density at radius 2 is 1.97 bits per heavy atom. The Labute approximate surface area is 218 Å². The second kappa shape index (κ2) is 10.4. The number of urea groups is 2. The molecular weight excluding hydrogens is 536 g/mol. The lowest BCUT2D eigenvalue weighted by atomic mass is 10.1. The van der Waals surface area contributed by atoms with E-state index in [9.17, 15) is 27.2 Å². The monoisotopic (exact) mass is 554 g/mol. The first-order chi connectivity index (χ1) is 17.5. The number of aromatic nitrogens is 2. The van der Waals surface area contributed by atoms with E-state index in [0.29, 0.717) is 16.5 Å². The topological polar surface area (TPSA) is 90.5 Å². The molecule has 0 fully saturated rings. The summed E-state index contributed by atoms with van der Waals surface area (Å²) >= 11 is 7.60. The summed E-state index contributed by atoms with van der Waals surface area (Å²) in [5.74, 6) is -0.446. The van der Waals surface area contributed by atoms with Crippen molar-refractivity contribution >= 4 is 58.3 Å². The fourth-order valence-corrected chi connectivity index (χ4v) is 4.26. The molecule has 1 aliphatic rings. The van der Waals surface area contributed by atoms with Crippen LogP contribution in [0.15, 0.2) is 47.8 Å². The molecule has 2 N–H and O–H groups in total. The molecule has 0 atom stereocenters. The number of carbonyl (C=O) groups is 2. The van der Waals surface area contributed by atoms with Gasteiger partial charge in [0.15, 0.2) is 5.16 Å². The zero-order valence-corrected chi connectivity index (χ0v) is 20.9. The third kappa shape index (κ3) is 5.57. The van der Waals surface area contributed by atoms with Gasteiger partial charge >= 0.3 is 18.2 Å². The normalized spacial score (nSPS) is 13.4. The minimum Gasteiger partial charge on any atom is -0.308 e. The van der Waals surface area contributed by atoms with Crippen molar-refractivity contribution in [2.45, 2.75) is 24.8 Å². The summed E-state index contributed by atoms with van der Waals surface area (Å²) in [7, 11) is 0. The number of rotatable bonds is 5. The van der Waals surface area contributed by atoms with Crippen molar-refractivity contribution in [3.8, 4) is 0 Å². The van der Waals surface area contributed by atoms with E-state index >= 15 is 0 Å². The second-order valence-corrected chi connectivity index (χ2v) is 8.94. The molecule has 4 amide bonds. The van der Waals surface area contributed by atoms with Gasteiger partial charge in [-0.2, -0.15) is 13.2 Å². The SMILES string of the molecule is CCN1C(=O)N(c2cc(NC(=O)Nc3cccc(C(F)(F)F)c3)c(F)cc2Cl)Cc2cnc(SC)nc21. The Morgan fingerprint density at radius 3 is 2.65 bits per heavy atom. The maximum absolute atomic E-state index is 14.7. The number of carbonyl (C=O) groups excluding carboxylic acids is 2. The van der Waals surface area contributed by atoms with Crippen molar-refractivity contribution in [1.29, 1.82) is 0 Å². The number of hydrogen-bond acceptors (Lipinski definition) is 5. The van der Waals surface area contributed by atoms with Gasteiger partial charge in [-0.3, -0.25) is 9.80 Å². The number of alkyl halides is 3. The van der Waals surface area contributed by atoms with Crippen LogP contribution in [0.1, 0.15) is 18.1 Å². The molecule has 3 aromatic rings. The highest BCUT2D eigenvalue weighted by atomic mass is 35.5. The van der Waals surface area contributed by atoms with E-state index < -0.39 is 29.6 Å². The zero-order chi connectivity index (χ0) is 26.9. The van der Waals surface area contributed by atoms with Crippen LogP contribution in [0.2, 0.25) is 5.02 Å². The molecule has 2 aromatic carbocycles.